The maximum atomic E-state index is 12.8. The van der Waals surface area contributed by atoms with E-state index in [4.69, 9.17) is 0 Å². The van der Waals surface area contributed by atoms with Crippen LogP contribution in [0.3, 0.4) is 0 Å². The number of hydrogen-bond acceptors (Lipinski definition) is 2. The molecule has 0 saturated heterocycles. The molecule has 1 N–H and O–H groups in total. The van der Waals surface area contributed by atoms with Gasteiger partial charge in [0.15, 0.2) is 0 Å². The van der Waals surface area contributed by atoms with Crippen molar-refractivity contribution in [2.24, 2.45) is 0 Å². The van der Waals surface area contributed by atoms with Gasteiger partial charge in [-0.2, -0.15) is 13.2 Å². The van der Waals surface area contributed by atoms with Crippen LogP contribution in [0.1, 0.15) is 23.9 Å². The normalized spacial score (nSPS) is 11.7. The molecule has 0 aliphatic heterocycles. The monoisotopic (exact) mass is 283 g/mol. The summed E-state index contributed by atoms with van der Waals surface area (Å²) in [5, 5.41) is 2.98. The van der Waals surface area contributed by atoms with Crippen molar-refractivity contribution in [2.75, 3.05) is 5.32 Å². The molecule has 0 aliphatic rings. The van der Waals surface area contributed by atoms with Crippen molar-refractivity contribution < 1.29 is 13.2 Å². The molecule has 0 amide bonds. The van der Waals surface area contributed by atoms with Crippen LogP contribution < -0.4 is 5.32 Å². The van der Waals surface area contributed by atoms with Crippen LogP contribution >= 0.6 is 0 Å². The molecule has 2 aromatic rings. The second-order valence-electron chi connectivity index (χ2n) is 4.51. The average Bonchev–Trinajstić information content (AvgIpc) is 2.84. The fourth-order valence-corrected chi connectivity index (χ4v) is 2.01. The van der Waals surface area contributed by atoms with Gasteiger partial charge in [0.1, 0.15) is 5.82 Å². The second-order valence-corrected chi connectivity index (χ2v) is 4.51. The lowest BCUT2D eigenvalue weighted by Gasteiger charge is -2.13. The van der Waals surface area contributed by atoms with Crippen LogP contribution in [0.5, 0.6) is 0 Å². The zero-order valence-corrected chi connectivity index (χ0v) is 11.3. The van der Waals surface area contributed by atoms with Gasteiger partial charge in [-0.3, -0.25) is 0 Å². The van der Waals surface area contributed by atoms with E-state index in [0.29, 0.717) is 12.2 Å². The Hall–Kier alpha value is -1.98. The van der Waals surface area contributed by atoms with E-state index in [1.54, 1.807) is 12.3 Å². The molecule has 1 aromatic heterocycles. The number of aromatic nitrogens is 2. The smallest absolute Gasteiger partial charge is 0.378 e. The van der Waals surface area contributed by atoms with Crippen molar-refractivity contribution in [1.82, 2.24) is 9.55 Å². The molecule has 3 nitrogen and oxygen atoms in total. The fourth-order valence-electron chi connectivity index (χ4n) is 2.01. The number of nitrogens with one attached hydrogen (secondary N) is 1. The quantitative estimate of drug-likeness (QED) is 0.923. The molecule has 108 valence electrons. The molecule has 0 saturated carbocycles. The van der Waals surface area contributed by atoms with Gasteiger partial charge in [-0.15, -0.1) is 0 Å². The first-order chi connectivity index (χ1) is 9.41. The lowest BCUT2D eigenvalue weighted by atomic mass is 10.1. The van der Waals surface area contributed by atoms with Crippen molar-refractivity contribution in [3.63, 3.8) is 0 Å². The SMILES string of the molecule is CCn1ccnc1CNc1ccc(C)c(C(F)(F)F)c1. The summed E-state index contributed by atoms with van der Waals surface area (Å²) < 4.78 is 40.4. The van der Waals surface area contributed by atoms with E-state index in [9.17, 15) is 13.2 Å². The molecule has 0 unspecified atom stereocenters. The predicted molar refractivity (Wildman–Crippen MR) is 71.4 cm³/mol. The summed E-state index contributed by atoms with van der Waals surface area (Å²) in [5.41, 5.74) is 0.0491. The van der Waals surface area contributed by atoms with E-state index in [0.717, 1.165) is 18.4 Å². The average molecular weight is 283 g/mol. The summed E-state index contributed by atoms with van der Waals surface area (Å²) in [6, 6.07) is 4.25. The topological polar surface area (TPSA) is 29.9 Å². The summed E-state index contributed by atoms with van der Waals surface area (Å²) in [6.07, 6.45) is -0.812. The maximum absolute atomic E-state index is 12.8. The van der Waals surface area contributed by atoms with E-state index >= 15 is 0 Å². The second kappa shape index (κ2) is 5.56. The standard InChI is InChI=1S/C14H16F3N3/c1-3-20-7-6-18-13(20)9-19-11-5-4-10(2)12(8-11)14(15,16)17/h4-8,19H,3,9H2,1-2H3. The van der Waals surface area contributed by atoms with Crippen molar-refractivity contribution in [2.45, 2.75) is 33.1 Å². The summed E-state index contributed by atoms with van der Waals surface area (Å²) in [5.74, 6) is 0.793. The van der Waals surface area contributed by atoms with Gasteiger partial charge < -0.3 is 9.88 Å². The number of anilines is 1. The summed E-state index contributed by atoms with van der Waals surface area (Å²) in [7, 11) is 0. The minimum atomic E-state index is -4.33. The predicted octanol–water partition coefficient (Wildman–Crippen LogP) is 3.84. The van der Waals surface area contributed by atoms with Crippen LogP contribution in [0.15, 0.2) is 30.6 Å². The van der Waals surface area contributed by atoms with E-state index in [1.165, 1.54) is 13.0 Å². The molecule has 0 radical (unpaired) electrons. The molecule has 1 aromatic carbocycles. The molecular weight excluding hydrogens is 267 g/mol. The van der Waals surface area contributed by atoms with Gasteiger partial charge in [0.05, 0.1) is 12.1 Å². The number of halogens is 3. The molecule has 0 fully saturated rings. The molecule has 1 heterocycles. The third-order valence-electron chi connectivity index (χ3n) is 3.14. The van der Waals surface area contributed by atoms with Gasteiger partial charge in [0.25, 0.3) is 0 Å². The van der Waals surface area contributed by atoms with Gasteiger partial charge >= 0.3 is 6.18 Å². The Morgan fingerprint density at radius 2 is 2.05 bits per heavy atom. The van der Waals surface area contributed by atoms with Crippen LogP contribution in [0.4, 0.5) is 18.9 Å². The molecular formula is C14H16F3N3. The minimum Gasteiger partial charge on any atom is -0.378 e. The highest BCUT2D eigenvalue weighted by atomic mass is 19.4. The van der Waals surface area contributed by atoms with Gasteiger partial charge in [-0.1, -0.05) is 6.07 Å². The molecule has 0 spiro atoms. The third-order valence-corrected chi connectivity index (χ3v) is 3.14. The first kappa shape index (κ1) is 14.4. The van der Waals surface area contributed by atoms with E-state index in [1.807, 2.05) is 17.7 Å². The number of alkyl halides is 3. The third kappa shape index (κ3) is 3.12. The molecule has 6 heteroatoms. The highest BCUT2D eigenvalue weighted by molar-refractivity contribution is 5.49. The summed E-state index contributed by atoms with van der Waals surface area (Å²) in [4.78, 5) is 4.17. The van der Waals surface area contributed by atoms with Crippen LogP contribution in [0, 0.1) is 6.92 Å². The number of aryl methyl sites for hydroxylation is 2. The van der Waals surface area contributed by atoms with Crippen molar-refractivity contribution in [3.05, 3.63) is 47.5 Å². The molecule has 2 rings (SSSR count). The number of imidazole rings is 1. The van der Waals surface area contributed by atoms with Crippen LogP contribution in [0.2, 0.25) is 0 Å². The van der Waals surface area contributed by atoms with Crippen molar-refractivity contribution in [1.29, 1.82) is 0 Å². The zero-order chi connectivity index (χ0) is 14.8. The lowest BCUT2D eigenvalue weighted by Crippen LogP contribution is -2.10. The molecule has 0 aliphatic carbocycles. The lowest BCUT2D eigenvalue weighted by molar-refractivity contribution is -0.138. The molecule has 0 bridgehead atoms. The zero-order valence-electron chi connectivity index (χ0n) is 11.3. The van der Waals surface area contributed by atoms with Crippen LogP contribution in [-0.2, 0) is 19.3 Å². The number of hydrogen-bond donors (Lipinski definition) is 1. The Balaban J connectivity index is 2.15. The number of rotatable bonds is 4. The van der Waals surface area contributed by atoms with Gasteiger partial charge in [0, 0.05) is 24.6 Å². The van der Waals surface area contributed by atoms with Crippen molar-refractivity contribution in [3.8, 4) is 0 Å². The van der Waals surface area contributed by atoms with E-state index in [2.05, 4.69) is 10.3 Å². The highest BCUT2D eigenvalue weighted by Crippen LogP contribution is 2.33. The van der Waals surface area contributed by atoms with E-state index < -0.39 is 11.7 Å². The van der Waals surface area contributed by atoms with Gasteiger partial charge in [-0.05, 0) is 31.5 Å². The van der Waals surface area contributed by atoms with Crippen molar-refractivity contribution >= 4 is 5.69 Å². The Kier molecular flexibility index (Phi) is 4.01. The maximum Gasteiger partial charge on any atom is 0.416 e. The number of benzene rings is 1. The Labute approximate surface area is 115 Å². The fraction of sp³-hybridized carbons (Fsp3) is 0.357. The first-order valence-corrected chi connectivity index (χ1v) is 6.33. The first-order valence-electron chi connectivity index (χ1n) is 6.33. The Morgan fingerprint density at radius 3 is 2.70 bits per heavy atom. The number of nitrogens with zero attached hydrogens (tertiary/aromatic N) is 2. The van der Waals surface area contributed by atoms with Gasteiger partial charge in [0.2, 0.25) is 0 Å². The highest BCUT2D eigenvalue weighted by Gasteiger charge is 2.32. The van der Waals surface area contributed by atoms with Crippen LogP contribution in [0.25, 0.3) is 0 Å². The largest absolute Gasteiger partial charge is 0.416 e. The van der Waals surface area contributed by atoms with Gasteiger partial charge in [-0.25, -0.2) is 4.98 Å². The molecule has 0 atom stereocenters. The summed E-state index contributed by atoms with van der Waals surface area (Å²) in [6.45, 7) is 4.61. The summed E-state index contributed by atoms with van der Waals surface area (Å²) >= 11 is 0. The Morgan fingerprint density at radius 1 is 1.30 bits per heavy atom. The Bertz CT molecular complexity index is 588. The molecule has 20 heavy (non-hydrogen) atoms. The van der Waals surface area contributed by atoms with Crippen LogP contribution in [-0.4, -0.2) is 9.55 Å². The minimum absolute atomic E-state index is 0.220. The van der Waals surface area contributed by atoms with E-state index in [-0.39, 0.29) is 5.56 Å².